The molecule has 0 radical (unpaired) electrons. The first-order valence-corrected chi connectivity index (χ1v) is 6.96. The summed E-state index contributed by atoms with van der Waals surface area (Å²) in [7, 11) is 0. The van der Waals surface area contributed by atoms with Gasteiger partial charge in [-0.05, 0) is 23.3 Å². The number of carbonyl (C=O) groups excluding carboxylic acids is 1. The van der Waals surface area contributed by atoms with Gasteiger partial charge in [0.1, 0.15) is 0 Å². The van der Waals surface area contributed by atoms with Gasteiger partial charge in [0, 0.05) is 24.5 Å². The molecule has 0 unspecified atom stereocenters. The number of nitrogens with two attached hydrogens (primary N) is 1. The Balaban J connectivity index is 1.68. The highest BCUT2D eigenvalue weighted by Crippen LogP contribution is 2.26. The molecule has 0 saturated heterocycles. The summed E-state index contributed by atoms with van der Waals surface area (Å²) in [5, 5.41) is 0. The number of nitrogen functional groups attached to an aromatic ring is 1. The molecular weight excluding hydrogens is 258 g/mol. The summed E-state index contributed by atoms with van der Waals surface area (Å²) in [6, 6.07) is 12.3. The largest absolute Gasteiger partial charge is 0.290 e. The summed E-state index contributed by atoms with van der Waals surface area (Å²) in [6.07, 6.45) is 0. The van der Waals surface area contributed by atoms with Gasteiger partial charge in [0.2, 0.25) is 0 Å². The van der Waals surface area contributed by atoms with Crippen LogP contribution in [-0.2, 0) is 19.6 Å². The van der Waals surface area contributed by atoms with Gasteiger partial charge in [0.05, 0.1) is 4.88 Å². The highest BCUT2D eigenvalue weighted by atomic mass is 32.1. The van der Waals surface area contributed by atoms with Crippen molar-refractivity contribution in [3.63, 3.8) is 0 Å². The van der Waals surface area contributed by atoms with E-state index in [2.05, 4.69) is 34.6 Å². The number of fused-ring (bicyclic) bond motifs is 1. The van der Waals surface area contributed by atoms with Gasteiger partial charge < -0.3 is 0 Å². The Morgan fingerprint density at radius 1 is 1.21 bits per heavy atom. The van der Waals surface area contributed by atoms with Crippen molar-refractivity contribution in [1.82, 2.24) is 10.3 Å². The Bertz CT molecular complexity index is 583. The third-order valence-corrected chi connectivity index (χ3v) is 4.37. The van der Waals surface area contributed by atoms with Crippen LogP contribution in [0.5, 0.6) is 0 Å². The van der Waals surface area contributed by atoms with Crippen molar-refractivity contribution in [1.29, 1.82) is 0 Å². The van der Waals surface area contributed by atoms with E-state index in [-0.39, 0.29) is 5.91 Å². The molecule has 3 N–H and O–H groups in total. The number of hydrogen-bond acceptors (Lipinski definition) is 4. The minimum absolute atomic E-state index is 0.221. The monoisotopic (exact) mass is 273 g/mol. The van der Waals surface area contributed by atoms with Crippen molar-refractivity contribution in [3.8, 4) is 0 Å². The molecule has 1 aliphatic heterocycles. The molecule has 4 nitrogen and oxygen atoms in total. The third kappa shape index (κ3) is 2.53. The highest BCUT2D eigenvalue weighted by Gasteiger charge is 2.19. The van der Waals surface area contributed by atoms with Gasteiger partial charge in [-0.15, -0.1) is 11.3 Å². The number of amides is 1. The lowest BCUT2D eigenvalue weighted by molar-refractivity contribution is 0.0957. The van der Waals surface area contributed by atoms with Crippen LogP contribution in [0.2, 0.25) is 0 Å². The molecule has 3 rings (SSSR count). The van der Waals surface area contributed by atoms with Crippen molar-refractivity contribution in [3.05, 3.63) is 57.3 Å². The molecule has 2 heterocycles. The maximum atomic E-state index is 11.4. The van der Waals surface area contributed by atoms with E-state index in [4.69, 9.17) is 5.84 Å². The standard InChI is InChI=1S/C14H15N3OS/c15-16-14(18)13-6-5-12(19-13)9-17-7-10-3-1-2-4-11(10)8-17/h1-6H,7-9,15H2,(H,16,18). The predicted octanol–water partition coefficient (Wildman–Crippen LogP) is 1.87. The maximum absolute atomic E-state index is 11.4. The van der Waals surface area contributed by atoms with E-state index >= 15 is 0 Å². The second kappa shape index (κ2) is 5.13. The molecule has 0 bridgehead atoms. The number of thiophene rings is 1. The number of rotatable bonds is 3. The van der Waals surface area contributed by atoms with Crippen LogP contribution in [0.3, 0.4) is 0 Å². The second-order valence-corrected chi connectivity index (χ2v) is 5.82. The zero-order chi connectivity index (χ0) is 13.2. The smallest absolute Gasteiger partial charge is 0.275 e. The molecule has 0 aliphatic carbocycles. The van der Waals surface area contributed by atoms with Crippen LogP contribution in [0.4, 0.5) is 0 Å². The van der Waals surface area contributed by atoms with Crippen molar-refractivity contribution >= 4 is 17.2 Å². The van der Waals surface area contributed by atoms with Gasteiger partial charge in [-0.2, -0.15) is 0 Å². The molecule has 98 valence electrons. The third-order valence-electron chi connectivity index (χ3n) is 3.30. The van der Waals surface area contributed by atoms with E-state index in [0.717, 1.165) is 19.6 Å². The number of benzene rings is 1. The Kier molecular flexibility index (Phi) is 3.33. The van der Waals surface area contributed by atoms with Crippen LogP contribution in [0.1, 0.15) is 25.7 Å². The van der Waals surface area contributed by atoms with E-state index in [1.54, 1.807) is 0 Å². The molecule has 0 spiro atoms. The zero-order valence-electron chi connectivity index (χ0n) is 10.4. The SMILES string of the molecule is NNC(=O)c1ccc(CN2Cc3ccccc3C2)s1. The number of nitrogens with zero attached hydrogens (tertiary/aromatic N) is 1. The number of nitrogens with one attached hydrogen (secondary N) is 1. The number of hydrazine groups is 1. The molecule has 1 amide bonds. The van der Waals surface area contributed by atoms with E-state index in [1.165, 1.54) is 27.3 Å². The van der Waals surface area contributed by atoms with Crippen LogP contribution in [-0.4, -0.2) is 10.8 Å². The second-order valence-electron chi connectivity index (χ2n) is 4.65. The molecular formula is C14H15N3OS. The topological polar surface area (TPSA) is 58.4 Å². The maximum Gasteiger partial charge on any atom is 0.275 e. The van der Waals surface area contributed by atoms with Crippen LogP contribution in [0.25, 0.3) is 0 Å². The lowest BCUT2D eigenvalue weighted by Crippen LogP contribution is -2.29. The summed E-state index contributed by atoms with van der Waals surface area (Å²) in [4.78, 5) is 15.6. The lowest BCUT2D eigenvalue weighted by Gasteiger charge is -2.12. The van der Waals surface area contributed by atoms with E-state index in [0.29, 0.717) is 4.88 Å². The Morgan fingerprint density at radius 2 is 1.89 bits per heavy atom. The molecule has 5 heteroatoms. The van der Waals surface area contributed by atoms with Crippen molar-refractivity contribution in [2.45, 2.75) is 19.6 Å². The summed E-state index contributed by atoms with van der Waals surface area (Å²) in [5.74, 6) is 4.91. The van der Waals surface area contributed by atoms with Gasteiger partial charge in [-0.3, -0.25) is 15.1 Å². The van der Waals surface area contributed by atoms with Gasteiger partial charge in [0.25, 0.3) is 5.91 Å². The average Bonchev–Trinajstić information content (AvgIpc) is 3.04. The number of hydrogen-bond donors (Lipinski definition) is 2. The highest BCUT2D eigenvalue weighted by molar-refractivity contribution is 7.14. The summed E-state index contributed by atoms with van der Waals surface area (Å²) in [6.45, 7) is 2.83. The van der Waals surface area contributed by atoms with Crippen LogP contribution < -0.4 is 11.3 Å². The summed E-state index contributed by atoms with van der Waals surface area (Å²) >= 11 is 1.50. The Hall–Kier alpha value is -1.69. The first-order valence-electron chi connectivity index (χ1n) is 6.15. The van der Waals surface area contributed by atoms with Crippen LogP contribution in [0.15, 0.2) is 36.4 Å². The molecule has 1 aromatic carbocycles. The first-order chi connectivity index (χ1) is 9.26. The van der Waals surface area contributed by atoms with E-state index in [1.807, 2.05) is 12.1 Å². The zero-order valence-corrected chi connectivity index (χ0v) is 11.2. The lowest BCUT2D eigenvalue weighted by atomic mass is 10.1. The fraction of sp³-hybridized carbons (Fsp3) is 0.214. The Morgan fingerprint density at radius 3 is 2.53 bits per heavy atom. The van der Waals surface area contributed by atoms with Crippen molar-refractivity contribution in [2.75, 3.05) is 0 Å². The first kappa shape index (κ1) is 12.3. The molecule has 0 fully saturated rings. The van der Waals surface area contributed by atoms with Crippen molar-refractivity contribution in [2.24, 2.45) is 5.84 Å². The van der Waals surface area contributed by atoms with Crippen LogP contribution in [0, 0.1) is 0 Å². The van der Waals surface area contributed by atoms with Crippen LogP contribution >= 0.6 is 11.3 Å². The number of carbonyl (C=O) groups is 1. The fourth-order valence-corrected chi connectivity index (χ4v) is 3.35. The van der Waals surface area contributed by atoms with Gasteiger partial charge in [-0.1, -0.05) is 24.3 Å². The summed E-state index contributed by atoms with van der Waals surface area (Å²) in [5.41, 5.74) is 4.96. The van der Waals surface area contributed by atoms with Crippen molar-refractivity contribution < 1.29 is 4.79 Å². The molecule has 19 heavy (non-hydrogen) atoms. The summed E-state index contributed by atoms with van der Waals surface area (Å²) < 4.78 is 0. The van der Waals surface area contributed by atoms with E-state index in [9.17, 15) is 4.79 Å². The normalized spacial score (nSPS) is 14.4. The van der Waals surface area contributed by atoms with Gasteiger partial charge in [-0.25, -0.2) is 5.84 Å². The quantitative estimate of drug-likeness (QED) is 0.510. The fourth-order valence-electron chi connectivity index (χ4n) is 2.39. The average molecular weight is 273 g/mol. The van der Waals surface area contributed by atoms with E-state index < -0.39 is 0 Å². The predicted molar refractivity (Wildman–Crippen MR) is 75.4 cm³/mol. The Labute approximate surface area is 115 Å². The minimum Gasteiger partial charge on any atom is -0.290 e. The minimum atomic E-state index is -0.221. The van der Waals surface area contributed by atoms with Gasteiger partial charge in [0.15, 0.2) is 0 Å². The molecule has 2 aromatic rings. The molecule has 1 aliphatic rings. The molecule has 0 saturated carbocycles. The molecule has 0 atom stereocenters. The van der Waals surface area contributed by atoms with Gasteiger partial charge >= 0.3 is 0 Å². The molecule has 1 aromatic heterocycles.